The summed E-state index contributed by atoms with van der Waals surface area (Å²) in [6, 6.07) is 130. The third-order valence-corrected chi connectivity index (χ3v) is 21.8. The fraction of sp³-hybridized carbons (Fsp3) is 0. The largest absolute Gasteiger partial charge is 0.309 e. The van der Waals surface area contributed by atoms with Gasteiger partial charge < -0.3 is 18.3 Å². The van der Waals surface area contributed by atoms with Gasteiger partial charge in [0.1, 0.15) is 11.4 Å². The molecule has 0 aliphatic rings. The van der Waals surface area contributed by atoms with Crippen molar-refractivity contribution in [3.8, 4) is 73.8 Å². The first kappa shape index (κ1) is 57.6. The predicted octanol–water partition coefficient (Wildman–Crippen LogP) is 24.5. The molecule has 8 nitrogen and oxygen atoms in total. The number of fused-ring (bicyclic) bond motifs is 18. The Labute approximate surface area is 596 Å². The summed E-state index contributed by atoms with van der Waals surface area (Å²) in [5.41, 5.74) is 23.5. The molecule has 15 aromatic carbocycles. The van der Waals surface area contributed by atoms with Crippen LogP contribution in [0.2, 0.25) is 0 Å². The van der Waals surface area contributed by atoms with Crippen molar-refractivity contribution >= 4 is 131 Å². The quantitative estimate of drug-likeness (QED) is 0.145. The Kier molecular flexibility index (Phi) is 12.4. The van der Waals surface area contributed by atoms with Crippen LogP contribution in [0.5, 0.6) is 0 Å². The number of nitrogens with zero attached hydrogens (tertiary/aromatic N) is 8. The normalized spacial score (nSPS) is 12.0. The lowest BCUT2D eigenvalue weighted by Crippen LogP contribution is -2.16. The molecular formula is C96H58N8. The maximum absolute atomic E-state index is 11.2. The summed E-state index contributed by atoms with van der Waals surface area (Å²) in [5, 5.41) is 24.8. The van der Waals surface area contributed by atoms with E-state index in [9.17, 15) is 5.26 Å². The minimum absolute atomic E-state index is 0.545. The summed E-state index contributed by atoms with van der Waals surface area (Å²) in [7, 11) is 0. The molecule has 104 heavy (non-hydrogen) atoms. The van der Waals surface area contributed by atoms with Crippen LogP contribution in [0.25, 0.3) is 199 Å². The lowest BCUT2D eigenvalue weighted by atomic mass is 9.98. The highest BCUT2D eigenvalue weighted by Crippen LogP contribution is 2.50. The standard InChI is InChI=1S/C96H58N8/c97-59-60-24-23-25-65(54-60)92-93(101-82-40-17-7-30-68(82)69-31-8-18-41-83(69)101)95(103-86-44-21-13-36-74(86)78-57-63(48-52-90(78)103)61-46-50-88-76(55-61)72-34-11-15-38-80(72)99(88)66-26-3-1-4-27-66)98-96(94(92)102-84-42-19-9-32-70(84)71-33-10-20-43-85(71)102)104-87-45-22-14-37-75(87)79-58-64(49-53-91(79)104)62-47-51-89-77(56-62)73-35-12-16-39-81(73)100(89)67-28-5-2-6-29-67/h1-58H. The highest BCUT2D eigenvalue weighted by atomic mass is 15.2. The van der Waals surface area contributed by atoms with E-state index in [0.29, 0.717) is 17.2 Å². The van der Waals surface area contributed by atoms with E-state index in [2.05, 4.69) is 373 Å². The van der Waals surface area contributed by atoms with Gasteiger partial charge in [0, 0.05) is 81.6 Å². The van der Waals surface area contributed by atoms with Crippen molar-refractivity contribution in [3.05, 3.63) is 357 Å². The number of nitriles is 1. The van der Waals surface area contributed by atoms with Crippen LogP contribution >= 0.6 is 0 Å². The Bertz CT molecular complexity index is 6910. The van der Waals surface area contributed by atoms with Gasteiger partial charge in [-0.1, -0.05) is 218 Å². The van der Waals surface area contributed by atoms with Crippen LogP contribution in [0.4, 0.5) is 0 Å². The summed E-state index contributed by atoms with van der Waals surface area (Å²) >= 11 is 0. The predicted molar refractivity (Wildman–Crippen MR) is 431 cm³/mol. The number of benzene rings is 15. The Morgan fingerprint density at radius 2 is 0.462 bits per heavy atom. The molecule has 0 aliphatic heterocycles. The van der Waals surface area contributed by atoms with Gasteiger partial charge in [0.2, 0.25) is 0 Å². The third kappa shape index (κ3) is 8.32. The van der Waals surface area contributed by atoms with Crippen molar-refractivity contribution in [1.29, 1.82) is 5.26 Å². The molecule has 0 radical (unpaired) electrons. The van der Waals surface area contributed by atoms with Crippen molar-refractivity contribution < 1.29 is 0 Å². The second-order valence-electron chi connectivity index (χ2n) is 27.3. The molecule has 22 rings (SSSR count). The van der Waals surface area contributed by atoms with Gasteiger partial charge in [-0.3, -0.25) is 9.13 Å². The summed E-state index contributed by atoms with van der Waals surface area (Å²) in [4.78, 5) is 6.58. The SMILES string of the molecule is N#Cc1cccc(-c2c(-n3c4ccccc4c4ccccc43)c(-n3c4ccccc4c4cc(-c5ccc6c(c5)c5ccccc5n6-c5ccccc5)ccc43)nc(-n3c4ccccc4c4cc(-c5ccc6c(c5)c5ccccc5n6-c5ccccc5)ccc43)c2-n2c3ccccc3c3ccccc32)c1. The van der Waals surface area contributed by atoms with Crippen molar-refractivity contribution in [2.45, 2.75) is 0 Å². The van der Waals surface area contributed by atoms with E-state index < -0.39 is 0 Å². The number of aromatic nitrogens is 7. The summed E-state index contributed by atoms with van der Waals surface area (Å²) in [5.74, 6) is 1.43. The lowest BCUT2D eigenvalue weighted by Gasteiger charge is -2.27. The molecule has 482 valence electrons. The van der Waals surface area contributed by atoms with E-state index in [1.54, 1.807) is 0 Å². The van der Waals surface area contributed by atoms with Gasteiger partial charge in [0.25, 0.3) is 0 Å². The monoisotopic (exact) mass is 1320 g/mol. The van der Waals surface area contributed by atoms with Crippen LogP contribution in [0, 0.1) is 11.3 Å². The molecule has 0 unspecified atom stereocenters. The maximum atomic E-state index is 11.2. The van der Waals surface area contributed by atoms with Crippen molar-refractivity contribution in [1.82, 2.24) is 32.4 Å². The molecule has 22 aromatic rings. The molecule has 0 bridgehead atoms. The number of hydrogen-bond donors (Lipinski definition) is 0. The van der Waals surface area contributed by atoms with Crippen LogP contribution in [-0.2, 0) is 0 Å². The summed E-state index contributed by atoms with van der Waals surface area (Å²) in [6.07, 6.45) is 0. The zero-order chi connectivity index (χ0) is 68.3. The Balaban J connectivity index is 0.880. The van der Waals surface area contributed by atoms with Gasteiger partial charge in [-0.15, -0.1) is 0 Å². The van der Waals surface area contributed by atoms with E-state index in [1.807, 2.05) is 12.1 Å². The fourth-order valence-corrected chi connectivity index (χ4v) is 17.4. The highest BCUT2D eigenvalue weighted by molar-refractivity contribution is 6.18. The van der Waals surface area contributed by atoms with Crippen LogP contribution < -0.4 is 0 Å². The van der Waals surface area contributed by atoms with Crippen LogP contribution in [-0.4, -0.2) is 32.4 Å². The smallest absolute Gasteiger partial charge is 0.165 e. The Hall–Kier alpha value is -14.3. The van der Waals surface area contributed by atoms with E-state index in [4.69, 9.17) is 4.98 Å². The topological polar surface area (TPSA) is 66.3 Å². The molecule has 7 aromatic heterocycles. The third-order valence-electron chi connectivity index (χ3n) is 21.8. The van der Waals surface area contributed by atoms with Crippen molar-refractivity contribution in [2.24, 2.45) is 0 Å². The van der Waals surface area contributed by atoms with E-state index in [1.165, 1.54) is 32.6 Å². The molecule has 0 saturated carbocycles. The zero-order valence-electron chi connectivity index (χ0n) is 56.1. The minimum atomic E-state index is 0.545. The van der Waals surface area contributed by atoms with Gasteiger partial charge in [-0.2, -0.15) is 5.26 Å². The molecule has 0 aliphatic carbocycles. The van der Waals surface area contributed by atoms with E-state index in [0.717, 1.165) is 154 Å². The molecule has 0 atom stereocenters. The second-order valence-corrected chi connectivity index (χ2v) is 27.3. The van der Waals surface area contributed by atoms with Gasteiger partial charge in [-0.25, -0.2) is 4.98 Å². The number of hydrogen-bond acceptors (Lipinski definition) is 2. The number of pyridine rings is 1. The summed E-state index contributed by atoms with van der Waals surface area (Å²) < 4.78 is 14.5. The van der Waals surface area contributed by atoms with E-state index >= 15 is 0 Å². The number of para-hydroxylation sites is 10. The maximum Gasteiger partial charge on any atom is 0.165 e. The molecular weight excluding hydrogens is 1270 g/mol. The van der Waals surface area contributed by atoms with Crippen molar-refractivity contribution in [3.63, 3.8) is 0 Å². The lowest BCUT2D eigenvalue weighted by molar-refractivity contribution is 0.961. The van der Waals surface area contributed by atoms with Gasteiger partial charge in [0.15, 0.2) is 11.6 Å². The van der Waals surface area contributed by atoms with Gasteiger partial charge in [-0.05, 0) is 161 Å². The van der Waals surface area contributed by atoms with Gasteiger partial charge >= 0.3 is 0 Å². The second kappa shape index (κ2) is 22.4. The Morgan fingerprint density at radius 3 is 0.779 bits per heavy atom. The molecule has 0 fully saturated rings. The van der Waals surface area contributed by atoms with Crippen molar-refractivity contribution in [2.75, 3.05) is 0 Å². The molecule has 0 N–H and O–H groups in total. The molecule has 0 spiro atoms. The zero-order valence-corrected chi connectivity index (χ0v) is 56.1. The molecule has 0 amide bonds. The average molecular weight is 1320 g/mol. The molecule has 8 heteroatoms. The van der Waals surface area contributed by atoms with Crippen LogP contribution in [0.3, 0.4) is 0 Å². The first-order valence-corrected chi connectivity index (χ1v) is 35.4. The van der Waals surface area contributed by atoms with Crippen LogP contribution in [0.15, 0.2) is 352 Å². The minimum Gasteiger partial charge on any atom is -0.309 e. The highest BCUT2D eigenvalue weighted by Gasteiger charge is 2.33. The summed E-state index contributed by atoms with van der Waals surface area (Å²) in [6.45, 7) is 0. The molecule has 0 saturated heterocycles. The fourth-order valence-electron chi connectivity index (χ4n) is 17.4. The molecule has 7 heterocycles. The van der Waals surface area contributed by atoms with Crippen LogP contribution in [0.1, 0.15) is 5.56 Å². The first-order valence-electron chi connectivity index (χ1n) is 35.4. The average Bonchev–Trinajstić information content (AvgIpc) is 1.52. The van der Waals surface area contributed by atoms with Gasteiger partial charge in [0.05, 0.1) is 77.8 Å². The first-order chi connectivity index (χ1) is 51.6. The Morgan fingerprint density at radius 1 is 0.202 bits per heavy atom. The number of rotatable bonds is 9. The van der Waals surface area contributed by atoms with E-state index in [-0.39, 0.29) is 0 Å².